The highest BCUT2D eigenvalue weighted by atomic mass is 16.5. The van der Waals surface area contributed by atoms with E-state index in [9.17, 15) is 4.79 Å². The molecule has 25 heavy (non-hydrogen) atoms. The van der Waals surface area contributed by atoms with Crippen LogP contribution in [-0.4, -0.2) is 42.1 Å². The van der Waals surface area contributed by atoms with Gasteiger partial charge in [-0.1, -0.05) is 17.3 Å². The third-order valence-corrected chi connectivity index (χ3v) is 4.63. The van der Waals surface area contributed by atoms with E-state index in [-0.39, 0.29) is 18.6 Å². The van der Waals surface area contributed by atoms with Crippen LogP contribution >= 0.6 is 0 Å². The summed E-state index contributed by atoms with van der Waals surface area (Å²) in [6, 6.07) is 8.00. The minimum absolute atomic E-state index is 0.186. The molecule has 3 rings (SSSR count). The first-order valence-electron chi connectivity index (χ1n) is 8.67. The van der Waals surface area contributed by atoms with Crippen LogP contribution in [0.2, 0.25) is 0 Å². The predicted molar refractivity (Wildman–Crippen MR) is 94.7 cm³/mol. The molecule has 2 aromatic rings. The Labute approximate surface area is 148 Å². The molecular weight excluding hydrogens is 318 g/mol. The first kappa shape index (κ1) is 17.5. The summed E-state index contributed by atoms with van der Waals surface area (Å²) in [5, 5.41) is 7.02. The first-order valence-corrected chi connectivity index (χ1v) is 8.67. The number of nitrogens with one attached hydrogen (secondary N) is 1. The maximum absolute atomic E-state index is 12.6. The molecule has 1 aliphatic rings. The Kier molecular flexibility index (Phi) is 5.38. The van der Waals surface area contributed by atoms with Gasteiger partial charge in [-0.3, -0.25) is 4.79 Å². The Hall–Kier alpha value is -2.34. The van der Waals surface area contributed by atoms with Crippen molar-refractivity contribution >= 4 is 5.91 Å². The minimum Gasteiger partial charge on any atom is -0.489 e. The lowest BCUT2D eigenvalue weighted by Gasteiger charge is -2.29. The topological polar surface area (TPSA) is 67.6 Å². The molecule has 1 fully saturated rings. The van der Waals surface area contributed by atoms with Gasteiger partial charge >= 0.3 is 0 Å². The maximum atomic E-state index is 12.6. The van der Waals surface area contributed by atoms with E-state index in [1.165, 1.54) is 0 Å². The van der Waals surface area contributed by atoms with Gasteiger partial charge in [-0.15, -0.1) is 0 Å². The van der Waals surface area contributed by atoms with Gasteiger partial charge in [0.2, 0.25) is 0 Å². The van der Waals surface area contributed by atoms with E-state index in [1.54, 1.807) is 6.92 Å². The van der Waals surface area contributed by atoms with Gasteiger partial charge in [0.15, 0.2) is 5.69 Å². The van der Waals surface area contributed by atoms with E-state index < -0.39 is 0 Å². The zero-order valence-electron chi connectivity index (χ0n) is 15.0. The molecule has 1 saturated heterocycles. The molecule has 0 bridgehead atoms. The van der Waals surface area contributed by atoms with Crippen LogP contribution in [0.3, 0.4) is 0 Å². The molecule has 134 valence electrons. The van der Waals surface area contributed by atoms with Crippen molar-refractivity contribution in [1.82, 2.24) is 15.4 Å². The van der Waals surface area contributed by atoms with Crippen LogP contribution in [0.5, 0.6) is 5.75 Å². The normalized spacial score (nSPS) is 16.0. The monoisotopic (exact) mass is 343 g/mol. The van der Waals surface area contributed by atoms with Gasteiger partial charge in [0.25, 0.3) is 5.91 Å². The number of piperidine rings is 1. The number of rotatable bonds is 5. The molecule has 0 spiro atoms. The van der Waals surface area contributed by atoms with Crippen LogP contribution in [0.1, 0.15) is 40.2 Å². The largest absolute Gasteiger partial charge is 0.489 e. The van der Waals surface area contributed by atoms with Crippen molar-refractivity contribution in [2.75, 3.05) is 20.1 Å². The second-order valence-corrected chi connectivity index (χ2v) is 6.72. The number of benzene rings is 1. The molecule has 0 aliphatic carbocycles. The van der Waals surface area contributed by atoms with Crippen LogP contribution in [0, 0.1) is 13.8 Å². The fraction of sp³-hybridized carbons (Fsp3) is 0.474. The number of ether oxygens (including phenoxy) is 1. The fourth-order valence-corrected chi connectivity index (χ4v) is 3.01. The number of amides is 1. The Bertz CT molecular complexity index is 733. The van der Waals surface area contributed by atoms with E-state index in [2.05, 4.69) is 22.4 Å². The lowest BCUT2D eigenvalue weighted by Crippen LogP contribution is -2.43. The molecule has 1 aromatic heterocycles. The Morgan fingerprint density at radius 3 is 2.84 bits per heavy atom. The van der Waals surface area contributed by atoms with Gasteiger partial charge < -0.3 is 19.5 Å². The number of carbonyl (C=O) groups is 1. The number of aryl methyl sites for hydroxylation is 2. The summed E-state index contributed by atoms with van der Waals surface area (Å²) in [6.07, 6.45) is 1.91. The third-order valence-electron chi connectivity index (χ3n) is 4.63. The summed E-state index contributed by atoms with van der Waals surface area (Å²) >= 11 is 0. The highest BCUT2D eigenvalue weighted by Crippen LogP contribution is 2.19. The number of hydrogen-bond donors (Lipinski definition) is 1. The third kappa shape index (κ3) is 4.39. The minimum atomic E-state index is -0.186. The van der Waals surface area contributed by atoms with Gasteiger partial charge in [-0.2, -0.15) is 0 Å². The molecule has 0 atom stereocenters. The maximum Gasteiger partial charge on any atom is 0.274 e. The summed E-state index contributed by atoms with van der Waals surface area (Å²) in [5.74, 6) is 1.19. The summed E-state index contributed by atoms with van der Waals surface area (Å²) in [5.41, 5.74) is 2.15. The summed E-state index contributed by atoms with van der Waals surface area (Å²) in [4.78, 5) is 14.9. The molecule has 0 radical (unpaired) electrons. The van der Waals surface area contributed by atoms with Gasteiger partial charge in [0.1, 0.15) is 18.1 Å². The molecule has 0 unspecified atom stereocenters. The zero-order valence-corrected chi connectivity index (χ0v) is 15.0. The van der Waals surface area contributed by atoms with Gasteiger partial charge in [0, 0.05) is 6.04 Å². The molecule has 1 aliphatic heterocycles. The zero-order chi connectivity index (χ0) is 17.8. The number of nitrogens with zero attached hydrogens (tertiary/aromatic N) is 2. The SMILES string of the molecule is Cc1cccc(OCc2c(C(=O)NC3CCN(C)CC3)noc2C)c1. The van der Waals surface area contributed by atoms with E-state index in [0.29, 0.717) is 17.0 Å². The molecule has 6 heteroatoms. The second-order valence-electron chi connectivity index (χ2n) is 6.72. The number of hydrogen-bond acceptors (Lipinski definition) is 5. The molecule has 1 aromatic carbocycles. The van der Waals surface area contributed by atoms with E-state index in [0.717, 1.165) is 37.2 Å². The number of carbonyl (C=O) groups excluding carboxylic acids is 1. The van der Waals surface area contributed by atoms with Gasteiger partial charge in [-0.25, -0.2) is 0 Å². The Balaban J connectivity index is 1.65. The lowest BCUT2D eigenvalue weighted by molar-refractivity contribution is 0.0905. The van der Waals surface area contributed by atoms with Gasteiger partial charge in [-0.05, 0) is 64.5 Å². The second kappa shape index (κ2) is 7.70. The summed E-state index contributed by atoms with van der Waals surface area (Å²) < 4.78 is 11.1. The number of likely N-dealkylation sites (tertiary alicyclic amines) is 1. The molecular formula is C19H25N3O3. The average molecular weight is 343 g/mol. The van der Waals surface area contributed by atoms with E-state index in [4.69, 9.17) is 9.26 Å². The average Bonchev–Trinajstić information content (AvgIpc) is 2.96. The Morgan fingerprint density at radius 1 is 1.36 bits per heavy atom. The fourth-order valence-electron chi connectivity index (χ4n) is 3.01. The summed E-state index contributed by atoms with van der Waals surface area (Å²) in [7, 11) is 2.10. The van der Waals surface area contributed by atoms with Crippen molar-refractivity contribution in [1.29, 1.82) is 0 Å². The van der Waals surface area contributed by atoms with Crippen LogP contribution in [-0.2, 0) is 6.61 Å². The smallest absolute Gasteiger partial charge is 0.274 e. The van der Waals surface area contributed by atoms with Crippen molar-refractivity contribution in [3.05, 3.63) is 46.8 Å². The molecule has 2 heterocycles. The highest BCUT2D eigenvalue weighted by molar-refractivity contribution is 5.94. The van der Waals surface area contributed by atoms with Crippen molar-refractivity contribution in [2.24, 2.45) is 0 Å². The van der Waals surface area contributed by atoms with Crippen molar-refractivity contribution in [2.45, 2.75) is 39.3 Å². The highest BCUT2D eigenvalue weighted by Gasteiger charge is 2.24. The predicted octanol–water partition coefficient (Wildman–Crippen LogP) is 2.69. The standard InChI is InChI=1S/C19H25N3O3/c1-13-5-4-6-16(11-13)24-12-17-14(2)25-21-18(17)19(23)20-15-7-9-22(3)10-8-15/h4-6,11,15H,7-10,12H2,1-3H3,(H,20,23). The van der Waals surface area contributed by atoms with Crippen LogP contribution in [0.4, 0.5) is 0 Å². The van der Waals surface area contributed by atoms with Crippen LogP contribution in [0.25, 0.3) is 0 Å². The lowest BCUT2D eigenvalue weighted by atomic mass is 10.1. The Morgan fingerprint density at radius 2 is 2.12 bits per heavy atom. The van der Waals surface area contributed by atoms with Crippen LogP contribution in [0.15, 0.2) is 28.8 Å². The van der Waals surface area contributed by atoms with E-state index >= 15 is 0 Å². The van der Waals surface area contributed by atoms with Crippen LogP contribution < -0.4 is 10.1 Å². The van der Waals surface area contributed by atoms with Gasteiger partial charge in [0.05, 0.1) is 5.56 Å². The van der Waals surface area contributed by atoms with Crippen molar-refractivity contribution in [3.63, 3.8) is 0 Å². The molecule has 1 N–H and O–H groups in total. The summed E-state index contributed by atoms with van der Waals surface area (Å²) in [6.45, 7) is 6.06. The molecule has 0 saturated carbocycles. The quantitative estimate of drug-likeness (QED) is 0.904. The molecule has 6 nitrogen and oxygen atoms in total. The number of aromatic nitrogens is 1. The van der Waals surface area contributed by atoms with Crippen molar-refractivity contribution in [3.8, 4) is 5.75 Å². The molecule has 1 amide bonds. The van der Waals surface area contributed by atoms with E-state index in [1.807, 2.05) is 31.2 Å². The first-order chi connectivity index (χ1) is 12.0. The van der Waals surface area contributed by atoms with Crippen molar-refractivity contribution < 1.29 is 14.1 Å².